The molecule has 0 aliphatic rings. The van der Waals surface area contributed by atoms with E-state index in [9.17, 15) is 9.18 Å². The molecule has 0 radical (unpaired) electrons. The molecule has 2 atom stereocenters. The lowest BCUT2D eigenvalue weighted by atomic mass is 9.95. The zero-order chi connectivity index (χ0) is 12.1. The monoisotopic (exact) mass is 225 g/mol. The number of rotatable bonds is 5. The van der Waals surface area contributed by atoms with Crippen LogP contribution in [0, 0.1) is 0 Å². The summed E-state index contributed by atoms with van der Waals surface area (Å²) < 4.78 is 13.3. The molecule has 0 aliphatic heterocycles. The van der Waals surface area contributed by atoms with Crippen molar-refractivity contribution in [1.29, 1.82) is 0 Å². The molecule has 0 saturated heterocycles. The van der Waals surface area contributed by atoms with E-state index in [2.05, 4.69) is 0 Å². The molecule has 16 heavy (non-hydrogen) atoms. The van der Waals surface area contributed by atoms with Crippen molar-refractivity contribution in [2.24, 2.45) is 5.73 Å². The van der Waals surface area contributed by atoms with E-state index in [0.717, 1.165) is 0 Å². The first kappa shape index (κ1) is 12.6. The standard InChI is InChI=1S/C12H16FNO2/c1-8(13)9-4-2-3-5-10(9)11(14)6-7-12(15)16/h2-5,8,11H,6-7,14H2,1H3,(H,15,16). The first-order valence-electron chi connectivity index (χ1n) is 5.22. The van der Waals surface area contributed by atoms with Gasteiger partial charge in [-0.25, -0.2) is 4.39 Å². The van der Waals surface area contributed by atoms with Crippen molar-refractivity contribution in [3.8, 4) is 0 Å². The second-order valence-corrected chi connectivity index (χ2v) is 3.78. The molecule has 0 aliphatic carbocycles. The van der Waals surface area contributed by atoms with Crippen LogP contribution in [0.3, 0.4) is 0 Å². The Kier molecular flexibility index (Phi) is 4.43. The van der Waals surface area contributed by atoms with Gasteiger partial charge in [-0.2, -0.15) is 0 Å². The molecule has 0 spiro atoms. The van der Waals surface area contributed by atoms with Crippen LogP contribution in [0.1, 0.15) is 43.1 Å². The Morgan fingerprint density at radius 2 is 2.00 bits per heavy atom. The highest BCUT2D eigenvalue weighted by atomic mass is 19.1. The van der Waals surface area contributed by atoms with Crippen LogP contribution >= 0.6 is 0 Å². The Labute approximate surface area is 94.1 Å². The van der Waals surface area contributed by atoms with E-state index in [1.165, 1.54) is 6.92 Å². The summed E-state index contributed by atoms with van der Waals surface area (Å²) in [4.78, 5) is 10.4. The van der Waals surface area contributed by atoms with Gasteiger partial charge in [-0.05, 0) is 24.5 Å². The van der Waals surface area contributed by atoms with Crippen molar-refractivity contribution in [3.63, 3.8) is 0 Å². The molecule has 0 aromatic heterocycles. The van der Waals surface area contributed by atoms with Gasteiger partial charge in [0.05, 0.1) is 0 Å². The van der Waals surface area contributed by atoms with Crippen molar-refractivity contribution in [2.75, 3.05) is 0 Å². The van der Waals surface area contributed by atoms with Crippen LogP contribution in [-0.4, -0.2) is 11.1 Å². The average molecular weight is 225 g/mol. The fourth-order valence-electron chi connectivity index (χ4n) is 1.65. The van der Waals surface area contributed by atoms with Crippen LogP contribution in [-0.2, 0) is 4.79 Å². The lowest BCUT2D eigenvalue weighted by Gasteiger charge is -2.16. The largest absolute Gasteiger partial charge is 0.481 e. The smallest absolute Gasteiger partial charge is 0.303 e. The predicted molar refractivity (Wildman–Crippen MR) is 59.8 cm³/mol. The van der Waals surface area contributed by atoms with Gasteiger partial charge < -0.3 is 10.8 Å². The van der Waals surface area contributed by atoms with Gasteiger partial charge in [-0.1, -0.05) is 24.3 Å². The number of carbonyl (C=O) groups is 1. The normalized spacial score (nSPS) is 14.4. The van der Waals surface area contributed by atoms with E-state index in [0.29, 0.717) is 17.5 Å². The Hall–Kier alpha value is -1.42. The number of nitrogens with two attached hydrogens (primary N) is 1. The van der Waals surface area contributed by atoms with Crippen molar-refractivity contribution >= 4 is 5.97 Å². The number of halogens is 1. The highest BCUT2D eigenvalue weighted by molar-refractivity contribution is 5.66. The fourth-order valence-corrected chi connectivity index (χ4v) is 1.65. The minimum absolute atomic E-state index is 0.00380. The quantitative estimate of drug-likeness (QED) is 0.809. The first-order chi connectivity index (χ1) is 7.52. The van der Waals surface area contributed by atoms with Gasteiger partial charge in [-0.3, -0.25) is 4.79 Å². The molecule has 0 amide bonds. The zero-order valence-electron chi connectivity index (χ0n) is 9.19. The topological polar surface area (TPSA) is 63.3 Å². The summed E-state index contributed by atoms with van der Waals surface area (Å²) in [5.74, 6) is -0.888. The fraction of sp³-hybridized carbons (Fsp3) is 0.417. The van der Waals surface area contributed by atoms with Crippen molar-refractivity contribution in [3.05, 3.63) is 35.4 Å². The van der Waals surface area contributed by atoms with E-state index in [-0.39, 0.29) is 6.42 Å². The lowest BCUT2D eigenvalue weighted by Crippen LogP contribution is -2.14. The molecule has 3 nitrogen and oxygen atoms in total. The van der Waals surface area contributed by atoms with Gasteiger partial charge >= 0.3 is 5.97 Å². The number of carboxylic acid groups (broad SMARTS) is 1. The number of hydrogen-bond donors (Lipinski definition) is 2. The lowest BCUT2D eigenvalue weighted by molar-refractivity contribution is -0.137. The molecule has 2 unspecified atom stereocenters. The number of carboxylic acids is 1. The molecular weight excluding hydrogens is 209 g/mol. The molecule has 0 heterocycles. The van der Waals surface area contributed by atoms with Crippen LogP contribution in [0.25, 0.3) is 0 Å². The molecule has 0 saturated carbocycles. The van der Waals surface area contributed by atoms with Crippen LogP contribution in [0.2, 0.25) is 0 Å². The molecule has 1 aromatic rings. The van der Waals surface area contributed by atoms with E-state index in [4.69, 9.17) is 10.8 Å². The molecule has 0 fully saturated rings. The third kappa shape index (κ3) is 3.31. The van der Waals surface area contributed by atoms with Gasteiger partial charge in [-0.15, -0.1) is 0 Å². The first-order valence-corrected chi connectivity index (χ1v) is 5.22. The average Bonchev–Trinajstić information content (AvgIpc) is 2.25. The summed E-state index contributed by atoms with van der Waals surface area (Å²) >= 11 is 0. The van der Waals surface area contributed by atoms with E-state index in [1.807, 2.05) is 0 Å². The number of aliphatic carboxylic acids is 1. The minimum atomic E-state index is -1.09. The molecule has 1 rings (SSSR count). The summed E-state index contributed by atoms with van der Waals surface area (Å²) in [6, 6.07) is 6.53. The van der Waals surface area contributed by atoms with E-state index < -0.39 is 18.2 Å². The molecule has 3 N–H and O–H groups in total. The second kappa shape index (κ2) is 5.61. The summed E-state index contributed by atoms with van der Waals surface area (Å²) in [7, 11) is 0. The van der Waals surface area contributed by atoms with Crippen LogP contribution < -0.4 is 5.73 Å². The number of hydrogen-bond acceptors (Lipinski definition) is 2. The van der Waals surface area contributed by atoms with Crippen LogP contribution in [0.4, 0.5) is 4.39 Å². The third-order valence-electron chi connectivity index (χ3n) is 2.49. The van der Waals surface area contributed by atoms with Crippen molar-refractivity contribution in [2.45, 2.75) is 32.0 Å². The zero-order valence-corrected chi connectivity index (χ0v) is 9.19. The summed E-state index contributed by atoms with van der Waals surface area (Å²) in [6.45, 7) is 1.45. The van der Waals surface area contributed by atoms with E-state index in [1.54, 1.807) is 24.3 Å². The Morgan fingerprint density at radius 1 is 1.44 bits per heavy atom. The molecule has 1 aromatic carbocycles. The van der Waals surface area contributed by atoms with Crippen LogP contribution in [0.15, 0.2) is 24.3 Å². The van der Waals surface area contributed by atoms with Crippen molar-refractivity contribution in [1.82, 2.24) is 0 Å². The third-order valence-corrected chi connectivity index (χ3v) is 2.49. The maximum Gasteiger partial charge on any atom is 0.303 e. The van der Waals surface area contributed by atoms with Gasteiger partial charge in [0.15, 0.2) is 0 Å². The second-order valence-electron chi connectivity index (χ2n) is 3.78. The number of benzene rings is 1. The van der Waals surface area contributed by atoms with Gasteiger partial charge in [0.2, 0.25) is 0 Å². The molecule has 88 valence electrons. The van der Waals surface area contributed by atoms with Crippen LogP contribution in [0.5, 0.6) is 0 Å². The minimum Gasteiger partial charge on any atom is -0.481 e. The molecule has 4 heteroatoms. The predicted octanol–water partition coefficient (Wildman–Crippen LogP) is 2.58. The Balaban J connectivity index is 2.81. The Bertz CT molecular complexity index is 366. The summed E-state index contributed by atoms with van der Waals surface area (Å²) in [5, 5.41) is 8.56. The van der Waals surface area contributed by atoms with Gasteiger partial charge in [0.25, 0.3) is 0 Å². The summed E-state index contributed by atoms with van der Waals surface area (Å²) in [6.07, 6.45) is -0.776. The van der Waals surface area contributed by atoms with Crippen molar-refractivity contribution < 1.29 is 14.3 Å². The molecule has 0 bridgehead atoms. The van der Waals surface area contributed by atoms with E-state index >= 15 is 0 Å². The summed E-state index contributed by atoms with van der Waals surface area (Å²) in [5.41, 5.74) is 7.09. The van der Waals surface area contributed by atoms with Gasteiger partial charge in [0, 0.05) is 12.5 Å². The highest BCUT2D eigenvalue weighted by Gasteiger charge is 2.15. The number of alkyl halides is 1. The SMILES string of the molecule is CC(F)c1ccccc1C(N)CCC(=O)O. The maximum atomic E-state index is 13.3. The Morgan fingerprint density at radius 3 is 2.50 bits per heavy atom. The highest BCUT2D eigenvalue weighted by Crippen LogP contribution is 2.26. The maximum absolute atomic E-state index is 13.3. The van der Waals surface area contributed by atoms with Gasteiger partial charge in [0.1, 0.15) is 6.17 Å². The molecular formula is C12H16FNO2.